The fourth-order valence-electron chi connectivity index (χ4n) is 4.33. The van der Waals surface area contributed by atoms with Crippen molar-refractivity contribution in [3.05, 3.63) is 62.1 Å². The van der Waals surface area contributed by atoms with Crippen LogP contribution in [0.25, 0.3) is 0 Å². The van der Waals surface area contributed by atoms with Crippen molar-refractivity contribution in [2.75, 3.05) is 5.32 Å². The highest BCUT2D eigenvalue weighted by molar-refractivity contribution is 6.44. The predicted molar refractivity (Wildman–Crippen MR) is 126 cm³/mol. The van der Waals surface area contributed by atoms with Crippen molar-refractivity contribution in [1.82, 2.24) is 10.2 Å². The molecular weight excluding hydrogens is 465 g/mol. The molecule has 1 saturated carbocycles. The van der Waals surface area contributed by atoms with Crippen molar-refractivity contribution in [3.8, 4) is 0 Å². The predicted octanol–water partition coefficient (Wildman–Crippen LogP) is 4.58. The fraction of sp³-hybridized carbons (Fsp3) is 0.333. The maximum absolute atomic E-state index is 13.0. The smallest absolute Gasteiger partial charge is 0.319 e. The molecule has 1 atom stereocenters. The van der Waals surface area contributed by atoms with Crippen molar-refractivity contribution in [2.45, 2.75) is 52.2 Å². The molecule has 1 aliphatic carbocycles. The Morgan fingerprint density at radius 2 is 1.85 bits per heavy atom. The molecule has 33 heavy (non-hydrogen) atoms. The van der Waals surface area contributed by atoms with Crippen LogP contribution in [-0.2, 0) is 22.7 Å². The summed E-state index contributed by atoms with van der Waals surface area (Å²) in [6.45, 7) is 4.21. The minimum absolute atomic E-state index is 0.0727. The van der Waals surface area contributed by atoms with E-state index in [4.69, 9.17) is 23.2 Å². The van der Waals surface area contributed by atoms with Gasteiger partial charge in [0.15, 0.2) is 5.78 Å². The third-order valence-corrected chi connectivity index (χ3v) is 7.06. The lowest BCUT2D eigenvalue weighted by molar-refractivity contribution is -0.133. The lowest BCUT2D eigenvalue weighted by Gasteiger charge is -2.29. The number of ketones is 2. The molecule has 9 heteroatoms. The number of hydrogen-bond acceptors (Lipinski definition) is 4. The standard InChI is InChI=1S/C24H23Cl2N3O4/c1-12-7-13(2)22(21(26)20(12)25)28-24(33)27-10-14-3-4-15-11-29(23(32)17(15)8-14)18-6-5-16(30)9-19(18)31/h3-4,7-8,18H,5-6,9-11H2,1-2H3,(H2,27,28,33). The van der Waals surface area contributed by atoms with E-state index in [-0.39, 0.29) is 35.5 Å². The number of hydrogen-bond donors (Lipinski definition) is 2. The van der Waals surface area contributed by atoms with Crippen LogP contribution in [0.5, 0.6) is 0 Å². The van der Waals surface area contributed by atoms with Gasteiger partial charge in [0.25, 0.3) is 5.91 Å². The number of rotatable bonds is 4. The molecular formula is C24H23Cl2N3O4. The summed E-state index contributed by atoms with van der Waals surface area (Å²) in [6, 6.07) is 6.24. The van der Waals surface area contributed by atoms with Crippen LogP contribution in [-0.4, -0.2) is 34.4 Å². The number of nitrogens with one attached hydrogen (secondary N) is 2. The van der Waals surface area contributed by atoms with Crippen LogP contribution in [0.15, 0.2) is 24.3 Å². The van der Waals surface area contributed by atoms with E-state index in [9.17, 15) is 19.2 Å². The third-order valence-electron chi connectivity index (χ3n) is 6.10. The number of aryl methyl sites for hydroxylation is 2. The van der Waals surface area contributed by atoms with Crippen LogP contribution in [0.3, 0.4) is 0 Å². The van der Waals surface area contributed by atoms with Crippen molar-refractivity contribution in [2.24, 2.45) is 0 Å². The van der Waals surface area contributed by atoms with Crippen molar-refractivity contribution >= 4 is 52.4 Å². The quantitative estimate of drug-likeness (QED) is 0.616. The maximum atomic E-state index is 13.0. The number of carbonyl (C=O) groups is 4. The second-order valence-corrected chi connectivity index (χ2v) is 9.24. The Hall–Kier alpha value is -2.90. The molecule has 1 fully saturated rings. The SMILES string of the molecule is Cc1cc(C)c(NC(=O)NCc2ccc3c(c2)C(=O)N(C2CCC(=O)CC2=O)C3)c(Cl)c1Cl. The molecule has 2 aromatic rings. The van der Waals surface area contributed by atoms with Gasteiger partial charge in [-0.15, -0.1) is 0 Å². The molecule has 0 spiro atoms. The van der Waals surface area contributed by atoms with Gasteiger partial charge in [-0.3, -0.25) is 14.4 Å². The molecule has 4 rings (SSSR count). The first-order chi connectivity index (χ1) is 15.7. The lowest BCUT2D eigenvalue weighted by Crippen LogP contribution is -2.44. The highest BCUT2D eigenvalue weighted by atomic mass is 35.5. The van der Waals surface area contributed by atoms with E-state index in [2.05, 4.69) is 10.6 Å². The molecule has 1 heterocycles. The number of amides is 3. The Morgan fingerprint density at radius 3 is 2.58 bits per heavy atom. The summed E-state index contributed by atoms with van der Waals surface area (Å²) in [7, 11) is 0. The van der Waals surface area contributed by atoms with Gasteiger partial charge in [-0.2, -0.15) is 0 Å². The number of urea groups is 1. The summed E-state index contributed by atoms with van der Waals surface area (Å²) in [4.78, 5) is 50.7. The highest BCUT2D eigenvalue weighted by Crippen LogP contribution is 2.35. The highest BCUT2D eigenvalue weighted by Gasteiger charge is 2.38. The van der Waals surface area contributed by atoms with E-state index in [1.807, 2.05) is 32.0 Å². The molecule has 0 radical (unpaired) electrons. The van der Waals surface area contributed by atoms with Gasteiger partial charge in [-0.05, 0) is 48.6 Å². The van der Waals surface area contributed by atoms with Gasteiger partial charge in [-0.1, -0.05) is 41.4 Å². The molecule has 0 saturated heterocycles. The zero-order valence-corrected chi connectivity index (χ0v) is 19.8. The van der Waals surface area contributed by atoms with Crippen LogP contribution in [0.1, 0.15) is 51.9 Å². The van der Waals surface area contributed by atoms with E-state index in [1.54, 1.807) is 11.0 Å². The van der Waals surface area contributed by atoms with Crippen LogP contribution < -0.4 is 10.6 Å². The molecule has 0 aromatic heterocycles. The Morgan fingerprint density at radius 1 is 1.09 bits per heavy atom. The normalized spacial score (nSPS) is 17.9. The fourth-order valence-corrected chi connectivity index (χ4v) is 4.83. The van der Waals surface area contributed by atoms with Gasteiger partial charge in [0.05, 0.1) is 28.2 Å². The maximum Gasteiger partial charge on any atom is 0.319 e. The first kappa shape index (κ1) is 23.3. The summed E-state index contributed by atoms with van der Waals surface area (Å²) < 4.78 is 0. The van der Waals surface area contributed by atoms with E-state index in [0.717, 1.165) is 22.3 Å². The number of halogens is 2. The summed E-state index contributed by atoms with van der Waals surface area (Å²) in [6.07, 6.45) is 0.582. The van der Waals surface area contributed by atoms with Gasteiger partial charge in [0.1, 0.15) is 5.78 Å². The second-order valence-electron chi connectivity index (χ2n) is 8.48. The van der Waals surface area contributed by atoms with Gasteiger partial charge in [-0.25, -0.2) is 4.79 Å². The minimum Gasteiger partial charge on any atom is -0.334 e. The van der Waals surface area contributed by atoms with E-state index < -0.39 is 12.1 Å². The third kappa shape index (κ3) is 4.61. The summed E-state index contributed by atoms with van der Waals surface area (Å²) in [5, 5.41) is 6.16. The van der Waals surface area contributed by atoms with E-state index >= 15 is 0 Å². The minimum atomic E-state index is -0.552. The topological polar surface area (TPSA) is 95.6 Å². The molecule has 2 aromatic carbocycles. The summed E-state index contributed by atoms with van der Waals surface area (Å²) >= 11 is 12.5. The first-order valence-corrected chi connectivity index (χ1v) is 11.4. The Balaban J connectivity index is 1.41. The number of benzene rings is 2. The van der Waals surface area contributed by atoms with E-state index in [1.165, 1.54) is 0 Å². The average molecular weight is 488 g/mol. The number of carbonyl (C=O) groups excluding carboxylic acids is 4. The number of nitrogens with zero attached hydrogens (tertiary/aromatic N) is 1. The number of anilines is 1. The van der Waals surface area contributed by atoms with Crippen LogP contribution in [0, 0.1) is 13.8 Å². The van der Waals surface area contributed by atoms with Crippen LogP contribution in [0.2, 0.25) is 10.0 Å². The van der Waals surface area contributed by atoms with Gasteiger partial charge in [0, 0.05) is 25.1 Å². The van der Waals surface area contributed by atoms with Crippen molar-refractivity contribution in [3.63, 3.8) is 0 Å². The lowest BCUT2D eigenvalue weighted by atomic mass is 9.92. The molecule has 1 aliphatic heterocycles. The molecule has 7 nitrogen and oxygen atoms in total. The Labute approximate surface area is 201 Å². The Kier molecular flexibility index (Phi) is 6.45. The summed E-state index contributed by atoms with van der Waals surface area (Å²) in [5.74, 6) is -0.492. The van der Waals surface area contributed by atoms with E-state index in [0.29, 0.717) is 35.7 Å². The van der Waals surface area contributed by atoms with Crippen LogP contribution >= 0.6 is 23.2 Å². The first-order valence-electron chi connectivity index (χ1n) is 10.6. The monoisotopic (exact) mass is 487 g/mol. The largest absolute Gasteiger partial charge is 0.334 e. The molecule has 1 unspecified atom stereocenters. The number of fused-ring (bicyclic) bond motifs is 1. The second kappa shape index (κ2) is 9.15. The van der Waals surface area contributed by atoms with Gasteiger partial charge >= 0.3 is 6.03 Å². The molecule has 2 N–H and O–H groups in total. The van der Waals surface area contributed by atoms with Crippen molar-refractivity contribution < 1.29 is 19.2 Å². The molecule has 2 aliphatic rings. The molecule has 0 bridgehead atoms. The average Bonchev–Trinajstić information content (AvgIpc) is 3.09. The number of Topliss-reactive ketones (excluding diaryl/α,β-unsaturated/α-hetero) is 2. The zero-order valence-electron chi connectivity index (χ0n) is 18.3. The molecule has 172 valence electrons. The zero-order chi connectivity index (χ0) is 23.9. The van der Waals surface area contributed by atoms with Crippen molar-refractivity contribution in [1.29, 1.82) is 0 Å². The van der Waals surface area contributed by atoms with Gasteiger partial charge in [0.2, 0.25) is 0 Å². The van der Waals surface area contributed by atoms with Gasteiger partial charge < -0.3 is 15.5 Å². The summed E-state index contributed by atoms with van der Waals surface area (Å²) in [5.41, 5.74) is 4.15. The van der Waals surface area contributed by atoms with Crippen LogP contribution in [0.4, 0.5) is 10.5 Å². The molecule has 3 amide bonds. The Bertz CT molecular complexity index is 1190.